The van der Waals surface area contributed by atoms with E-state index in [1.54, 1.807) is 14.0 Å². The number of hydrogen-bond acceptors (Lipinski definition) is 3. The SMILES string of the molecule is CCS(=O)(=O)CCCC(CCC(F)(F)F)NC. The molecule has 0 aliphatic heterocycles. The molecule has 1 N–H and O–H groups in total. The van der Waals surface area contributed by atoms with Crippen molar-refractivity contribution < 1.29 is 21.6 Å². The first kappa shape index (κ1) is 16.7. The number of nitrogens with one attached hydrogen (secondary N) is 1. The van der Waals surface area contributed by atoms with Crippen LogP contribution in [0.2, 0.25) is 0 Å². The molecule has 3 nitrogen and oxygen atoms in total. The van der Waals surface area contributed by atoms with Crippen LogP contribution in [-0.4, -0.2) is 39.2 Å². The van der Waals surface area contributed by atoms with Crippen molar-refractivity contribution in [3.63, 3.8) is 0 Å². The van der Waals surface area contributed by atoms with E-state index in [0.29, 0.717) is 12.8 Å². The summed E-state index contributed by atoms with van der Waals surface area (Å²) in [5, 5.41) is 2.78. The van der Waals surface area contributed by atoms with Crippen LogP contribution in [0.4, 0.5) is 13.2 Å². The molecule has 0 radical (unpaired) electrons. The minimum atomic E-state index is -4.15. The quantitative estimate of drug-likeness (QED) is 0.738. The second-order valence-corrected chi connectivity index (χ2v) is 6.49. The van der Waals surface area contributed by atoms with Gasteiger partial charge in [0.25, 0.3) is 0 Å². The van der Waals surface area contributed by atoms with Crippen molar-refractivity contribution in [2.45, 2.75) is 44.8 Å². The van der Waals surface area contributed by atoms with Gasteiger partial charge in [0.2, 0.25) is 0 Å². The molecular formula is C10H20F3NO2S. The summed E-state index contributed by atoms with van der Waals surface area (Å²) in [6, 6.07) is -0.274. The van der Waals surface area contributed by atoms with Gasteiger partial charge >= 0.3 is 6.18 Å². The molecule has 17 heavy (non-hydrogen) atoms. The fourth-order valence-corrected chi connectivity index (χ4v) is 2.36. The normalized spacial score (nSPS) is 14.9. The molecule has 0 aliphatic carbocycles. The van der Waals surface area contributed by atoms with E-state index < -0.39 is 22.4 Å². The average molecular weight is 275 g/mol. The molecule has 0 spiro atoms. The van der Waals surface area contributed by atoms with Crippen LogP contribution in [0.5, 0.6) is 0 Å². The molecule has 0 bridgehead atoms. The first-order chi connectivity index (χ1) is 7.70. The third kappa shape index (κ3) is 9.41. The number of hydrogen-bond donors (Lipinski definition) is 1. The molecule has 0 aromatic carbocycles. The number of sulfone groups is 1. The van der Waals surface area contributed by atoms with Gasteiger partial charge in [0.15, 0.2) is 0 Å². The first-order valence-corrected chi connectivity index (χ1v) is 7.46. The van der Waals surface area contributed by atoms with Crippen LogP contribution < -0.4 is 5.32 Å². The highest BCUT2D eigenvalue weighted by molar-refractivity contribution is 7.91. The van der Waals surface area contributed by atoms with Crippen LogP contribution >= 0.6 is 0 Å². The molecule has 104 valence electrons. The smallest absolute Gasteiger partial charge is 0.317 e. The Hall–Kier alpha value is -0.300. The Balaban J connectivity index is 3.91. The standard InChI is InChI=1S/C10H20F3NO2S/c1-3-17(15,16)8-4-5-9(14-2)6-7-10(11,12)13/h9,14H,3-8H2,1-2H3. The highest BCUT2D eigenvalue weighted by atomic mass is 32.2. The molecule has 0 amide bonds. The minimum Gasteiger partial charge on any atom is -0.317 e. The summed E-state index contributed by atoms with van der Waals surface area (Å²) in [5.74, 6) is 0.132. The Kier molecular flexibility index (Phi) is 7.08. The lowest BCUT2D eigenvalue weighted by Crippen LogP contribution is -2.27. The van der Waals surface area contributed by atoms with E-state index in [0.717, 1.165) is 0 Å². The lowest BCUT2D eigenvalue weighted by Gasteiger charge is -2.16. The number of halogens is 3. The van der Waals surface area contributed by atoms with Gasteiger partial charge in [0.05, 0.1) is 5.75 Å². The highest BCUT2D eigenvalue weighted by Gasteiger charge is 2.27. The summed E-state index contributed by atoms with van der Waals surface area (Å²) < 4.78 is 58.4. The fraction of sp³-hybridized carbons (Fsp3) is 1.00. The summed E-state index contributed by atoms with van der Waals surface area (Å²) in [7, 11) is -1.42. The summed E-state index contributed by atoms with van der Waals surface area (Å²) in [6.45, 7) is 1.56. The van der Waals surface area contributed by atoms with Crippen molar-refractivity contribution in [3.05, 3.63) is 0 Å². The zero-order valence-electron chi connectivity index (χ0n) is 10.2. The molecule has 1 unspecified atom stereocenters. The van der Waals surface area contributed by atoms with Gasteiger partial charge in [-0.05, 0) is 26.3 Å². The molecule has 1 atom stereocenters. The Labute approximate surface area is 101 Å². The number of alkyl halides is 3. The largest absolute Gasteiger partial charge is 0.389 e. The van der Waals surface area contributed by atoms with E-state index in [-0.39, 0.29) is 24.0 Å². The molecule has 0 aromatic rings. The topological polar surface area (TPSA) is 46.2 Å². The Morgan fingerprint density at radius 3 is 2.24 bits per heavy atom. The van der Waals surface area contributed by atoms with Crippen LogP contribution in [0.15, 0.2) is 0 Å². The van der Waals surface area contributed by atoms with Crippen molar-refractivity contribution in [2.75, 3.05) is 18.6 Å². The molecule has 0 saturated heterocycles. The van der Waals surface area contributed by atoms with Gasteiger partial charge < -0.3 is 5.32 Å². The molecule has 0 fully saturated rings. The minimum absolute atomic E-state index is 0.00777. The van der Waals surface area contributed by atoms with E-state index in [4.69, 9.17) is 0 Å². The van der Waals surface area contributed by atoms with Crippen LogP contribution in [-0.2, 0) is 9.84 Å². The monoisotopic (exact) mass is 275 g/mol. The van der Waals surface area contributed by atoms with Gasteiger partial charge in [0.1, 0.15) is 9.84 Å². The number of rotatable bonds is 8. The summed E-state index contributed by atoms with van der Waals surface area (Å²) >= 11 is 0. The van der Waals surface area contributed by atoms with E-state index in [2.05, 4.69) is 5.32 Å². The maximum absolute atomic E-state index is 12.0. The third-order valence-electron chi connectivity index (χ3n) is 2.63. The van der Waals surface area contributed by atoms with Crippen molar-refractivity contribution in [1.29, 1.82) is 0 Å². The van der Waals surface area contributed by atoms with Crippen molar-refractivity contribution in [1.82, 2.24) is 5.32 Å². The maximum Gasteiger partial charge on any atom is 0.389 e. The van der Waals surface area contributed by atoms with Crippen molar-refractivity contribution >= 4 is 9.84 Å². The van der Waals surface area contributed by atoms with Gasteiger partial charge in [-0.2, -0.15) is 13.2 Å². The predicted octanol–water partition coefficient (Wildman–Crippen LogP) is 2.13. The van der Waals surface area contributed by atoms with Gasteiger partial charge in [-0.25, -0.2) is 8.42 Å². The van der Waals surface area contributed by atoms with Gasteiger partial charge in [-0.15, -0.1) is 0 Å². The Morgan fingerprint density at radius 1 is 1.24 bits per heavy atom. The predicted molar refractivity (Wildman–Crippen MR) is 61.7 cm³/mol. The zero-order valence-corrected chi connectivity index (χ0v) is 11.0. The molecule has 0 saturated carbocycles. The first-order valence-electron chi connectivity index (χ1n) is 5.64. The zero-order chi connectivity index (χ0) is 13.5. The van der Waals surface area contributed by atoms with Crippen LogP contribution in [0.3, 0.4) is 0 Å². The Morgan fingerprint density at radius 2 is 1.82 bits per heavy atom. The lowest BCUT2D eigenvalue weighted by molar-refractivity contribution is -0.136. The van der Waals surface area contributed by atoms with E-state index in [1.165, 1.54) is 0 Å². The Bertz CT molecular complexity index is 301. The van der Waals surface area contributed by atoms with Crippen LogP contribution in [0.25, 0.3) is 0 Å². The van der Waals surface area contributed by atoms with Gasteiger partial charge in [-0.3, -0.25) is 0 Å². The second-order valence-electron chi connectivity index (χ2n) is 4.02. The van der Waals surface area contributed by atoms with Gasteiger partial charge in [-0.1, -0.05) is 6.92 Å². The molecule has 0 rings (SSSR count). The molecule has 0 aliphatic rings. The van der Waals surface area contributed by atoms with Gasteiger partial charge in [0, 0.05) is 18.2 Å². The molecule has 7 heteroatoms. The second kappa shape index (κ2) is 7.20. The van der Waals surface area contributed by atoms with Crippen LogP contribution in [0.1, 0.15) is 32.6 Å². The van der Waals surface area contributed by atoms with Crippen molar-refractivity contribution in [3.8, 4) is 0 Å². The highest BCUT2D eigenvalue weighted by Crippen LogP contribution is 2.23. The van der Waals surface area contributed by atoms with E-state index in [1.807, 2.05) is 0 Å². The van der Waals surface area contributed by atoms with Crippen molar-refractivity contribution in [2.24, 2.45) is 0 Å². The maximum atomic E-state index is 12.0. The fourth-order valence-electron chi connectivity index (χ4n) is 1.46. The average Bonchev–Trinajstić information content (AvgIpc) is 2.21. The molecular weight excluding hydrogens is 255 g/mol. The summed E-state index contributed by atoms with van der Waals surface area (Å²) in [4.78, 5) is 0. The van der Waals surface area contributed by atoms with E-state index in [9.17, 15) is 21.6 Å². The third-order valence-corrected chi connectivity index (χ3v) is 4.42. The molecule has 0 aromatic heterocycles. The van der Waals surface area contributed by atoms with E-state index >= 15 is 0 Å². The van der Waals surface area contributed by atoms with Crippen LogP contribution in [0, 0.1) is 0 Å². The lowest BCUT2D eigenvalue weighted by atomic mass is 10.1. The summed E-state index contributed by atoms with van der Waals surface area (Å²) in [6.07, 6.45) is -4.14. The summed E-state index contributed by atoms with van der Waals surface area (Å²) in [5.41, 5.74) is 0. The molecule has 0 heterocycles.